The van der Waals surface area contributed by atoms with Crippen molar-refractivity contribution in [2.45, 2.75) is 38.9 Å². The van der Waals surface area contributed by atoms with E-state index in [1.807, 2.05) is 13.8 Å². The summed E-state index contributed by atoms with van der Waals surface area (Å²) < 4.78 is 5.13. The van der Waals surface area contributed by atoms with Gasteiger partial charge in [0.2, 0.25) is 11.4 Å². The zero-order valence-corrected chi connectivity index (χ0v) is 10.1. The predicted octanol–water partition coefficient (Wildman–Crippen LogP) is 0.342. The van der Waals surface area contributed by atoms with E-state index >= 15 is 0 Å². The number of carbonyl (C=O) groups excluding carboxylic acids is 3. The van der Waals surface area contributed by atoms with Crippen molar-refractivity contribution < 1.29 is 19.1 Å². The van der Waals surface area contributed by atoms with E-state index < -0.39 is 23.4 Å². The van der Waals surface area contributed by atoms with Crippen molar-refractivity contribution in [3.63, 3.8) is 0 Å². The van der Waals surface area contributed by atoms with Crippen LogP contribution in [0.3, 0.4) is 0 Å². The van der Waals surface area contributed by atoms with E-state index in [1.54, 1.807) is 6.92 Å². The molecule has 5 nitrogen and oxygen atoms in total. The lowest BCUT2D eigenvalue weighted by Gasteiger charge is -2.16. The minimum Gasteiger partial charge on any atom is -0.339 e. The summed E-state index contributed by atoms with van der Waals surface area (Å²) in [5.41, 5.74) is -1.08. The lowest BCUT2D eigenvalue weighted by Crippen LogP contribution is -2.48. The molecule has 1 unspecified atom stereocenters. The molecule has 5 heteroatoms. The Kier molecular flexibility index (Phi) is 2.66. The van der Waals surface area contributed by atoms with Gasteiger partial charge in [0.1, 0.15) is 0 Å². The number of ether oxygens (including phenoxy) is 1. The molecule has 1 amide bonds. The van der Waals surface area contributed by atoms with Crippen LogP contribution in [0.5, 0.6) is 0 Å². The quantitative estimate of drug-likeness (QED) is 0.567. The van der Waals surface area contributed by atoms with Gasteiger partial charge in [-0.2, -0.15) is 0 Å². The lowest BCUT2D eigenvalue weighted by atomic mass is 9.90. The number of hydrogen-bond donors (Lipinski definition) is 1. The Morgan fingerprint density at radius 2 is 2.18 bits per heavy atom. The molecular weight excluding hydrogens is 222 g/mol. The summed E-state index contributed by atoms with van der Waals surface area (Å²) in [7, 11) is 0. The second-order valence-electron chi connectivity index (χ2n) is 4.94. The van der Waals surface area contributed by atoms with Gasteiger partial charge in [0.25, 0.3) is 5.91 Å². The summed E-state index contributed by atoms with van der Waals surface area (Å²) in [6.45, 7) is 5.43. The third-order valence-corrected chi connectivity index (χ3v) is 2.88. The first kappa shape index (κ1) is 12.0. The molecular formula is C12H15NO4. The molecule has 1 saturated heterocycles. The number of amides is 1. The number of nitrogens with one attached hydrogen (secondary N) is 1. The Balaban J connectivity index is 2.17. The number of carbonyl (C=O) groups is 3. The van der Waals surface area contributed by atoms with E-state index in [9.17, 15) is 14.4 Å². The van der Waals surface area contributed by atoms with Crippen LogP contribution in [0.15, 0.2) is 11.8 Å². The van der Waals surface area contributed by atoms with E-state index in [0.717, 1.165) is 0 Å². The number of Topliss-reactive ketones (excluding diaryl/α,β-unsaturated/α-hetero) is 1. The summed E-state index contributed by atoms with van der Waals surface area (Å²) in [5, 5.41) is 2.52. The van der Waals surface area contributed by atoms with Crippen molar-refractivity contribution in [3.05, 3.63) is 11.8 Å². The molecule has 17 heavy (non-hydrogen) atoms. The van der Waals surface area contributed by atoms with Crippen LogP contribution in [0.4, 0.5) is 0 Å². The minimum absolute atomic E-state index is 0.183. The van der Waals surface area contributed by atoms with Gasteiger partial charge in [-0.3, -0.25) is 14.4 Å². The molecule has 0 aromatic rings. The van der Waals surface area contributed by atoms with Crippen molar-refractivity contribution in [1.29, 1.82) is 0 Å². The van der Waals surface area contributed by atoms with Crippen LogP contribution in [-0.4, -0.2) is 29.2 Å². The average Bonchev–Trinajstić information content (AvgIpc) is 2.89. The van der Waals surface area contributed by atoms with Crippen LogP contribution in [-0.2, 0) is 19.1 Å². The fourth-order valence-corrected chi connectivity index (χ4v) is 2.04. The monoisotopic (exact) mass is 237 g/mol. The van der Waals surface area contributed by atoms with Crippen LogP contribution in [0.25, 0.3) is 0 Å². The molecule has 0 aliphatic carbocycles. The molecule has 0 aromatic heterocycles. The third-order valence-electron chi connectivity index (χ3n) is 2.88. The van der Waals surface area contributed by atoms with Crippen molar-refractivity contribution in [2.75, 3.05) is 0 Å². The SMILES string of the molecule is CC1=CC(=O)C2(O[C@H]2C(=O)CC(C)C)C(=O)N1. The molecule has 2 heterocycles. The van der Waals surface area contributed by atoms with Crippen LogP contribution < -0.4 is 5.32 Å². The Labute approximate surface area is 99.2 Å². The molecule has 0 bridgehead atoms. The van der Waals surface area contributed by atoms with Gasteiger partial charge in [-0.15, -0.1) is 0 Å². The molecule has 2 aliphatic heterocycles. The van der Waals surface area contributed by atoms with E-state index in [4.69, 9.17) is 4.74 Å². The largest absolute Gasteiger partial charge is 0.339 e. The first-order valence-electron chi connectivity index (χ1n) is 5.62. The van der Waals surface area contributed by atoms with Gasteiger partial charge in [-0.25, -0.2) is 0 Å². The van der Waals surface area contributed by atoms with E-state index in [-0.39, 0.29) is 11.7 Å². The lowest BCUT2D eigenvalue weighted by molar-refractivity contribution is -0.134. The fourth-order valence-electron chi connectivity index (χ4n) is 2.04. The smallest absolute Gasteiger partial charge is 0.267 e. The minimum atomic E-state index is -1.56. The molecule has 0 saturated carbocycles. The number of allylic oxidation sites excluding steroid dienone is 1. The molecule has 2 atom stereocenters. The Morgan fingerprint density at radius 3 is 2.71 bits per heavy atom. The molecule has 0 aromatic carbocycles. The first-order valence-corrected chi connectivity index (χ1v) is 5.62. The molecule has 2 rings (SSSR count). The summed E-state index contributed by atoms with van der Waals surface area (Å²) >= 11 is 0. The van der Waals surface area contributed by atoms with Gasteiger partial charge in [0.15, 0.2) is 11.9 Å². The highest BCUT2D eigenvalue weighted by Gasteiger charge is 2.71. The molecule has 1 fully saturated rings. The van der Waals surface area contributed by atoms with Crippen LogP contribution in [0, 0.1) is 5.92 Å². The van der Waals surface area contributed by atoms with Crippen LogP contribution in [0.2, 0.25) is 0 Å². The highest BCUT2D eigenvalue weighted by molar-refractivity contribution is 6.23. The standard InChI is InChI=1S/C12H15NO4/c1-6(2)4-8(14)10-12(17-10)9(15)5-7(3)13-11(12)16/h5-6,10H,4H2,1-3H3,(H,13,16)/t10-,12?/m0/s1. The van der Waals surface area contributed by atoms with Gasteiger partial charge in [0, 0.05) is 18.2 Å². The maximum atomic E-state index is 11.8. The van der Waals surface area contributed by atoms with Gasteiger partial charge >= 0.3 is 0 Å². The van der Waals surface area contributed by atoms with Gasteiger partial charge in [-0.1, -0.05) is 13.8 Å². The number of hydrogen-bond acceptors (Lipinski definition) is 4. The van der Waals surface area contributed by atoms with Gasteiger partial charge in [0.05, 0.1) is 0 Å². The first-order chi connectivity index (χ1) is 7.87. The zero-order valence-electron chi connectivity index (χ0n) is 10.1. The molecule has 2 aliphatic rings. The summed E-state index contributed by atoms with van der Waals surface area (Å²) in [5.74, 6) is -0.954. The summed E-state index contributed by atoms with van der Waals surface area (Å²) in [6.07, 6.45) is 0.724. The van der Waals surface area contributed by atoms with Gasteiger partial charge < -0.3 is 10.1 Å². The fraction of sp³-hybridized carbons (Fsp3) is 0.583. The van der Waals surface area contributed by atoms with E-state index in [2.05, 4.69) is 5.32 Å². The highest BCUT2D eigenvalue weighted by atomic mass is 16.6. The van der Waals surface area contributed by atoms with Gasteiger partial charge in [-0.05, 0) is 12.8 Å². The summed E-state index contributed by atoms with van der Waals surface area (Å²) in [6, 6.07) is 0. The number of epoxide rings is 1. The van der Waals surface area contributed by atoms with Crippen molar-refractivity contribution in [3.8, 4) is 0 Å². The molecule has 92 valence electrons. The van der Waals surface area contributed by atoms with Crippen molar-refractivity contribution in [1.82, 2.24) is 5.32 Å². The highest BCUT2D eigenvalue weighted by Crippen LogP contribution is 2.41. The average molecular weight is 237 g/mol. The van der Waals surface area contributed by atoms with Crippen molar-refractivity contribution in [2.24, 2.45) is 5.92 Å². The summed E-state index contributed by atoms with van der Waals surface area (Å²) in [4.78, 5) is 35.3. The second-order valence-corrected chi connectivity index (χ2v) is 4.94. The second kappa shape index (κ2) is 3.77. The Morgan fingerprint density at radius 1 is 1.53 bits per heavy atom. The van der Waals surface area contributed by atoms with E-state index in [1.165, 1.54) is 6.08 Å². The Bertz CT molecular complexity index is 438. The van der Waals surface area contributed by atoms with Crippen LogP contribution >= 0.6 is 0 Å². The molecule has 1 spiro atoms. The third kappa shape index (κ3) is 1.80. The van der Waals surface area contributed by atoms with E-state index in [0.29, 0.717) is 12.1 Å². The molecule has 1 N–H and O–H groups in total. The maximum absolute atomic E-state index is 11.8. The zero-order chi connectivity index (χ0) is 12.8. The number of rotatable bonds is 3. The molecule has 0 radical (unpaired) electrons. The predicted molar refractivity (Wildman–Crippen MR) is 59.0 cm³/mol. The normalized spacial score (nSPS) is 31.5. The Hall–Kier alpha value is -1.49. The number of ketones is 2. The van der Waals surface area contributed by atoms with Crippen LogP contribution in [0.1, 0.15) is 27.2 Å². The van der Waals surface area contributed by atoms with Crippen molar-refractivity contribution >= 4 is 17.5 Å². The topological polar surface area (TPSA) is 75.8 Å². The maximum Gasteiger partial charge on any atom is 0.267 e.